The third kappa shape index (κ3) is 5.60. The fourth-order valence-corrected chi connectivity index (χ4v) is 7.07. The molecule has 1 aromatic heterocycles. The number of nitriles is 1. The van der Waals surface area contributed by atoms with Gasteiger partial charge in [0.25, 0.3) is 5.91 Å². The topological polar surface area (TPSA) is 97.5 Å². The number of nitrogens with zero attached hydrogens (tertiary/aromatic N) is 4. The van der Waals surface area contributed by atoms with E-state index in [1.807, 2.05) is 78.5 Å². The second-order valence-electron chi connectivity index (χ2n) is 11.5. The fourth-order valence-electron chi connectivity index (χ4n) is 5.67. The summed E-state index contributed by atoms with van der Waals surface area (Å²) in [5, 5.41) is 19.4. The van der Waals surface area contributed by atoms with E-state index in [2.05, 4.69) is 6.07 Å². The third-order valence-electron chi connectivity index (χ3n) is 7.61. The maximum absolute atomic E-state index is 13.7. The van der Waals surface area contributed by atoms with Crippen molar-refractivity contribution in [1.82, 2.24) is 14.2 Å². The Bertz CT molecular complexity index is 1480. The zero-order valence-corrected chi connectivity index (χ0v) is 24.2. The predicted molar refractivity (Wildman–Crippen MR) is 157 cm³/mol. The molecular formula is C32H36N4O3S. The molecule has 2 aromatic carbocycles. The molecule has 0 saturated carbocycles. The molecule has 2 atom stereocenters. The van der Waals surface area contributed by atoms with Crippen LogP contribution in [-0.2, 0) is 17.5 Å². The molecule has 0 unspecified atom stereocenters. The Labute approximate surface area is 239 Å². The molecule has 2 aliphatic heterocycles. The fraction of sp³-hybridized carbons (Fsp3) is 0.406. The summed E-state index contributed by atoms with van der Waals surface area (Å²) < 4.78 is 15.1. The van der Waals surface area contributed by atoms with Crippen molar-refractivity contribution in [3.63, 3.8) is 0 Å². The Balaban J connectivity index is 1.66. The molecule has 3 heterocycles. The van der Waals surface area contributed by atoms with Gasteiger partial charge < -0.3 is 10.0 Å². The van der Waals surface area contributed by atoms with Crippen molar-refractivity contribution in [1.29, 1.82) is 5.26 Å². The summed E-state index contributed by atoms with van der Waals surface area (Å²) in [5.41, 5.74) is 6.21. The van der Waals surface area contributed by atoms with Crippen LogP contribution in [-0.4, -0.2) is 53.9 Å². The zero-order valence-electron chi connectivity index (χ0n) is 23.4. The van der Waals surface area contributed by atoms with Crippen molar-refractivity contribution >= 4 is 16.9 Å². The van der Waals surface area contributed by atoms with Gasteiger partial charge in [0.05, 0.1) is 28.1 Å². The minimum absolute atomic E-state index is 0.0587. The van der Waals surface area contributed by atoms with Gasteiger partial charge in [-0.25, -0.2) is 13.5 Å². The highest BCUT2D eigenvalue weighted by Gasteiger charge is 2.40. The lowest BCUT2D eigenvalue weighted by atomic mass is 9.93. The van der Waals surface area contributed by atoms with Crippen LogP contribution in [0.5, 0.6) is 0 Å². The Morgan fingerprint density at radius 3 is 2.40 bits per heavy atom. The van der Waals surface area contributed by atoms with E-state index in [0.29, 0.717) is 29.9 Å². The predicted octanol–water partition coefficient (Wildman–Crippen LogP) is 5.61. The van der Waals surface area contributed by atoms with Crippen LogP contribution in [0.1, 0.15) is 79.7 Å². The SMILES string of the molecule is CC(C)(C)[S@@](=O)N1Cc2cc(C(=O)N3CCCCC3)nc(-c3cccc(-c4cccc(C#N)c4)c3)c2[C@H]1CCO. The van der Waals surface area contributed by atoms with Crippen molar-refractivity contribution in [2.45, 2.75) is 63.8 Å². The molecule has 1 fully saturated rings. The average molecular weight is 557 g/mol. The molecule has 2 aliphatic rings. The van der Waals surface area contributed by atoms with Gasteiger partial charge >= 0.3 is 0 Å². The van der Waals surface area contributed by atoms with Gasteiger partial charge in [-0.2, -0.15) is 5.26 Å². The number of carbonyl (C=O) groups is 1. The Morgan fingerprint density at radius 2 is 1.73 bits per heavy atom. The van der Waals surface area contributed by atoms with Crippen LogP contribution in [0, 0.1) is 11.3 Å². The molecule has 3 aromatic rings. The average Bonchev–Trinajstić information content (AvgIpc) is 3.34. The maximum Gasteiger partial charge on any atom is 0.272 e. The molecule has 0 aliphatic carbocycles. The van der Waals surface area contributed by atoms with Gasteiger partial charge in [0.1, 0.15) is 16.7 Å². The van der Waals surface area contributed by atoms with Gasteiger partial charge in [0.15, 0.2) is 0 Å². The number of hydrogen-bond donors (Lipinski definition) is 1. The van der Waals surface area contributed by atoms with E-state index in [1.54, 1.807) is 6.07 Å². The lowest BCUT2D eigenvalue weighted by Gasteiger charge is -2.30. The Kier molecular flexibility index (Phi) is 8.18. The van der Waals surface area contributed by atoms with Crippen molar-refractivity contribution < 1.29 is 14.1 Å². The first kappa shape index (κ1) is 28.2. The molecule has 7 nitrogen and oxygen atoms in total. The molecule has 0 spiro atoms. The number of fused-ring (bicyclic) bond motifs is 1. The minimum atomic E-state index is -1.33. The number of aromatic nitrogens is 1. The molecule has 40 heavy (non-hydrogen) atoms. The standard InChI is InChI=1S/C32H36N4O3S/c1-32(2,3)40(39)36-21-26-19-27(31(38)35-14-5-4-6-15-35)34-30(29(26)28(36)13-16-37)25-12-8-11-24(18-25)23-10-7-9-22(17-23)20-33/h7-12,17-19,28,37H,4-6,13-16,21H2,1-3H3/t28-,40-/m1/s1. The van der Waals surface area contributed by atoms with Gasteiger partial charge in [-0.3, -0.25) is 4.79 Å². The summed E-state index contributed by atoms with van der Waals surface area (Å²) in [7, 11) is -1.33. The van der Waals surface area contributed by atoms with E-state index < -0.39 is 15.7 Å². The molecule has 5 rings (SSSR count). The minimum Gasteiger partial charge on any atom is -0.396 e. The molecule has 208 valence electrons. The van der Waals surface area contributed by atoms with Crippen LogP contribution < -0.4 is 0 Å². The number of rotatable bonds is 6. The van der Waals surface area contributed by atoms with Crippen molar-refractivity contribution in [3.05, 3.63) is 77.0 Å². The van der Waals surface area contributed by atoms with Crippen LogP contribution in [0.15, 0.2) is 54.6 Å². The first-order valence-corrected chi connectivity index (χ1v) is 15.1. The summed E-state index contributed by atoms with van der Waals surface area (Å²) in [6, 6.07) is 19.2. The lowest BCUT2D eigenvalue weighted by Crippen LogP contribution is -2.36. The second-order valence-corrected chi connectivity index (χ2v) is 13.7. The van der Waals surface area contributed by atoms with Gasteiger partial charge in [-0.1, -0.05) is 30.3 Å². The van der Waals surface area contributed by atoms with Crippen LogP contribution in [0.3, 0.4) is 0 Å². The second kappa shape index (κ2) is 11.6. The molecule has 1 amide bonds. The van der Waals surface area contributed by atoms with Crippen molar-refractivity contribution in [3.8, 4) is 28.5 Å². The van der Waals surface area contributed by atoms with Gasteiger partial charge in [-0.05, 0) is 87.4 Å². The zero-order chi connectivity index (χ0) is 28.4. The van der Waals surface area contributed by atoms with E-state index in [0.717, 1.165) is 60.2 Å². The summed E-state index contributed by atoms with van der Waals surface area (Å²) >= 11 is 0. The Hall–Kier alpha value is -3.38. The van der Waals surface area contributed by atoms with Crippen LogP contribution >= 0.6 is 0 Å². The monoisotopic (exact) mass is 556 g/mol. The third-order valence-corrected chi connectivity index (χ3v) is 9.47. The highest BCUT2D eigenvalue weighted by atomic mass is 32.2. The summed E-state index contributed by atoms with van der Waals surface area (Å²) in [5.74, 6) is -0.0734. The van der Waals surface area contributed by atoms with Gasteiger partial charge in [0, 0.05) is 37.4 Å². The first-order chi connectivity index (χ1) is 19.2. The molecule has 0 bridgehead atoms. The van der Waals surface area contributed by atoms with Crippen LogP contribution in [0.25, 0.3) is 22.4 Å². The molecular weight excluding hydrogens is 520 g/mol. The highest BCUT2D eigenvalue weighted by molar-refractivity contribution is 7.84. The van der Waals surface area contributed by atoms with Crippen LogP contribution in [0.4, 0.5) is 0 Å². The van der Waals surface area contributed by atoms with Crippen molar-refractivity contribution in [2.75, 3.05) is 19.7 Å². The van der Waals surface area contributed by atoms with Crippen molar-refractivity contribution in [2.24, 2.45) is 0 Å². The maximum atomic E-state index is 13.7. The Morgan fingerprint density at radius 1 is 1.05 bits per heavy atom. The molecule has 1 N–H and O–H groups in total. The molecule has 1 saturated heterocycles. The highest BCUT2D eigenvalue weighted by Crippen LogP contribution is 2.44. The number of aliphatic hydroxyl groups is 1. The molecule has 8 heteroatoms. The number of carbonyl (C=O) groups excluding carboxylic acids is 1. The summed E-state index contributed by atoms with van der Waals surface area (Å²) in [6.45, 7) is 7.67. The van der Waals surface area contributed by atoms with E-state index in [4.69, 9.17) is 4.98 Å². The number of piperidine rings is 1. The number of likely N-dealkylation sites (tertiary alicyclic amines) is 1. The number of benzene rings is 2. The van der Waals surface area contributed by atoms with E-state index in [-0.39, 0.29) is 18.6 Å². The first-order valence-electron chi connectivity index (χ1n) is 13.9. The number of aliphatic hydroxyl groups excluding tert-OH is 1. The van der Waals surface area contributed by atoms with E-state index >= 15 is 0 Å². The quantitative estimate of drug-likeness (QED) is 0.425. The summed E-state index contributed by atoms with van der Waals surface area (Å²) in [6.07, 6.45) is 3.52. The summed E-state index contributed by atoms with van der Waals surface area (Å²) in [4.78, 5) is 20.5. The smallest absolute Gasteiger partial charge is 0.272 e. The van der Waals surface area contributed by atoms with E-state index in [1.165, 1.54) is 0 Å². The largest absolute Gasteiger partial charge is 0.396 e. The van der Waals surface area contributed by atoms with Crippen LogP contribution in [0.2, 0.25) is 0 Å². The van der Waals surface area contributed by atoms with Gasteiger partial charge in [0.2, 0.25) is 0 Å². The normalized spacial score (nSPS) is 18.3. The van der Waals surface area contributed by atoms with Gasteiger partial charge in [-0.15, -0.1) is 0 Å². The number of pyridine rings is 1. The number of amides is 1. The molecule has 0 radical (unpaired) electrons. The number of hydrogen-bond acceptors (Lipinski definition) is 5. The van der Waals surface area contributed by atoms with E-state index in [9.17, 15) is 19.4 Å². The lowest BCUT2D eigenvalue weighted by molar-refractivity contribution is 0.0718.